The second kappa shape index (κ2) is 6.09. The monoisotopic (exact) mass is 265 g/mol. The summed E-state index contributed by atoms with van der Waals surface area (Å²) in [4.78, 5) is 4.23. The number of likely N-dealkylation sites (N-methyl/N-ethyl adjacent to an activating group) is 1. The molecule has 1 aromatic carbocycles. The molecule has 2 rings (SSSR count). The molecule has 102 valence electrons. The van der Waals surface area contributed by atoms with Crippen molar-refractivity contribution in [2.75, 3.05) is 32.7 Å². The Kier molecular flexibility index (Phi) is 4.46. The van der Waals surface area contributed by atoms with Gasteiger partial charge in [0.1, 0.15) is 17.7 Å². The van der Waals surface area contributed by atoms with Crippen LogP contribution in [0.15, 0.2) is 18.2 Å². The van der Waals surface area contributed by atoms with Crippen LogP contribution in [0.25, 0.3) is 0 Å². The van der Waals surface area contributed by atoms with Gasteiger partial charge in [-0.05, 0) is 12.6 Å². The summed E-state index contributed by atoms with van der Waals surface area (Å²) < 4.78 is 26.7. The molecule has 0 spiro atoms. The molecule has 3 nitrogen and oxygen atoms in total. The minimum absolute atomic E-state index is 0.258. The Morgan fingerprint density at radius 1 is 1.26 bits per heavy atom. The van der Waals surface area contributed by atoms with Gasteiger partial charge in [0, 0.05) is 37.8 Å². The summed E-state index contributed by atoms with van der Waals surface area (Å²) in [6.07, 6.45) is 0. The molecule has 0 aromatic heterocycles. The van der Waals surface area contributed by atoms with Gasteiger partial charge in [-0.25, -0.2) is 8.78 Å². The summed E-state index contributed by atoms with van der Waals surface area (Å²) in [5.74, 6) is -1.27. The molecule has 1 aliphatic heterocycles. The fourth-order valence-corrected chi connectivity index (χ4v) is 2.41. The first-order chi connectivity index (χ1) is 9.15. The van der Waals surface area contributed by atoms with Crippen molar-refractivity contribution in [3.63, 3.8) is 0 Å². The first kappa shape index (κ1) is 13.9. The number of nitrogens with zero attached hydrogens (tertiary/aromatic N) is 3. The second-order valence-electron chi connectivity index (χ2n) is 4.67. The lowest BCUT2D eigenvalue weighted by atomic mass is 10.0. The number of benzene rings is 1. The van der Waals surface area contributed by atoms with Gasteiger partial charge in [-0.3, -0.25) is 4.90 Å². The van der Waals surface area contributed by atoms with E-state index in [1.54, 1.807) is 0 Å². The van der Waals surface area contributed by atoms with Crippen molar-refractivity contribution in [1.29, 1.82) is 5.26 Å². The van der Waals surface area contributed by atoms with Crippen molar-refractivity contribution in [3.8, 4) is 6.07 Å². The molecule has 1 atom stereocenters. The third-order valence-corrected chi connectivity index (χ3v) is 3.60. The highest BCUT2D eigenvalue weighted by Crippen LogP contribution is 2.24. The first-order valence-electron chi connectivity index (χ1n) is 6.46. The van der Waals surface area contributed by atoms with Crippen LogP contribution in [0, 0.1) is 23.0 Å². The topological polar surface area (TPSA) is 30.3 Å². The average Bonchev–Trinajstić information content (AvgIpc) is 2.42. The molecule has 0 radical (unpaired) electrons. The Bertz CT molecular complexity index is 476. The Hall–Kier alpha value is -1.51. The molecule has 1 aromatic rings. The average molecular weight is 265 g/mol. The van der Waals surface area contributed by atoms with Crippen LogP contribution < -0.4 is 0 Å². The van der Waals surface area contributed by atoms with Gasteiger partial charge in [-0.2, -0.15) is 5.26 Å². The predicted molar refractivity (Wildman–Crippen MR) is 68.4 cm³/mol. The van der Waals surface area contributed by atoms with Gasteiger partial charge in [0.2, 0.25) is 0 Å². The van der Waals surface area contributed by atoms with Gasteiger partial charge in [-0.1, -0.05) is 13.0 Å². The van der Waals surface area contributed by atoms with Crippen LogP contribution in [-0.4, -0.2) is 42.5 Å². The molecule has 1 saturated heterocycles. The molecule has 0 aliphatic carbocycles. The minimum Gasteiger partial charge on any atom is -0.301 e. The number of hydrogen-bond acceptors (Lipinski definition) is 3. The quantitative estimate of drug-likeness (QED) is 0.839. The third-order valence-electron chi connectivity index (χ3n) is 3.60. The van der Waals surface area contributed by atoms with Crippen molar-refractivity contribution in [1.82, 2.24) is 9.80 Å². The summed E-state index contributed by atoms with van der Waals surface area (Å²) in [5.41, 5.74) is 0.258. The van der Waals surface area contributed by atoms with E-state index in [0.717, 1.165) is 38.8 Å². The van der Waals surface area contributed by atoms with Gasteiger partial charge in [0.15, 0.2) is 0 Å². The zero-order valence-corrected chi connectivity index (χ0v) is 10.9. The number of hydrogen-bond donors (Lipinski definition) is 0. The van der Waals surface area contributed by atoms with Gasteiger partial charge in [0.25, 0.3) is 0 Å². The summed E-state index contributed by atoms with van der Waals surface area (Å²) >= 11 is 0. The summed E-state index contributed by atoms with van der Waals surface area (Å²) in [6.45, 7) is 6.27. The van der Waals surface area contributed by atoms with Crippen LogP contribution in [0.2, 0.25) is 0 Å². The van der Waals surface area contributed by atoms with Gasteiger partial charge >= 0.3 is 0 Å². The highest BCUT2D eigenvalue weighted by atomic mass is 19.1. The number of piperazine rings is 1. The standard InChI is InChI=1S/C14H17F2N3/c1-2-18-5-7-19(8-6-18)14(10-17)12-4-3-11(15)9-13(12)16/h3-4,9,14H,2,5-8H2,1H3. The van der Waals surface area contributed by atoms with E-state index >= 15 is 0 Å². The summed E-state index contributed by atoms with van der Waals surface area (Å²) in [6, 6.07) is 4.89. The van der Waals surface area contributed by atoms with Crippen molar-refractivity contribution in [3.05, 3.63) is 35.4 Å². The normalized spacial score (nSPS) is 19.1. The molecule has 0 bridgehead atoms. The van der Waals surface area contributed by atoms with Gasteiger partial charge in [0.05, 0.1) is 6.07 Å². The molecular weight excluding hydrogens is 248 g/mol. The lowest BCUT2D eigenvalue weighted by molar-refractivity contribution is 0.117. The minimum atomic E-state index is -0.649. The van der Waals surface area contributed by atoms with E-state index in [0.29, 0.717) is 0 Å². The van der Waals surface area contributed by atoms with Crippen LogP contribution in [0.5, 0.6) is 0 Å². The maximum atomic E-state index is 13.8. The molecular formula is C14H17F2N3. The second-order valence-corrected chi connectivity index (χ2v) is 4.67. The highest BCUT2D eigenvalue weighted by Gasteiger charge is 2.26. The Labute approximate surface area is 112 Å². The number of halogens is 2. The van der Waals surface area contributed by atoms with Crippen LogP contribution in [0.4, 0.5) is 8.78 Å². The van der Waals surface area contributed by atoms with Crippen molar-refractivity contribution >= 4 is 0 Å². The lowest BCUT2D eigenvalue weighted by Crippen LogP contribution is -2.47. The Balaban J connectivity index is 2.15. The van der Waals surface area contributed by atoms with E-state index in [-0.39, 0.29) is 5.56 Å². The SMILES string of the molecule is CCN1CCN(C(C#N)c2ccc(F)cc2F)CC1. The van der Waals surface area contributed by atoms with Crippen molar-refractivity contribution in [2.45, 2.75) is 13.0 Å². The van der Waals surface area contributed by atoms with E-state index in [9.17, 15) is 14.0 Å². The van der Waals surface area contributed by atoms with Crippen LogP contribution >= 0.6 is 0 Å². The third kappa shape index (κ3) is 3.09. The molecule has 0 N–H and O–H groups in total. The van der Waals surface area contributed by atoms with Crippen molar-refractivity contribution < 1.29 is 8.78 Å². The molecule has 5 heteroatoms. The van der Waals surface area contributed by atoms with E-state index in [4.69, 9.17) is 0 Å². The maximum Gasteiger partial charge on any atom is 0.131 e. The molecule has 0 saturated carbocycles. The molecule has 0 amide bonds. The summed E-state index contributed by atoms with van der Waals surface area (Å²) in [5, 5.41) is 9.28. The number of rotatable bonds is 3. The zero-order chi connectivity index (χ0) is 13.8. The summed E-state index contributed by atoms with van der Waals surface area (Å²) in [7, 11) is 0. The fraction of sp³-hybridized carbons (Fsp3) is 0.500. The molecule has 1 aliphatic rings. The van der Waals surface area contributed by atoms with Gasteiger partial charge in [-0.15, -0.1) is 0 Å². The predicted octanol–water partition coefficient (Wildman–Crippen LogP) is 2.17. The first-order valence-corrected chi connectivity index (χ1v) is 6.46. The molecule has 1 unspecified atom stereocenters. The van der Waals surface area contributed by atoms with E-state index in [2.05, 4.69) is 17.9 Å². The Morgan fingerprint density at radius 3 is 2.47 bits per heavy atom. The lowest BCUT2D eigenvalue weighted by Gasteiger charge is -2.36. The van der Waals surface area contributed by atoms with Crippen LogP contribution in [0.3, 0.4) is 0 Å². The van der Waals surface area contributed by atoms with E-state index in [1.165, 1.54) is 12.1 Å². The molecule has 19 heavy (non-hydrogen) atoms. The molecule has 1 heterocycles. The maximum absolute atomic E-state index is 13.8. The van der Waals surface area contributed by atoms with E-state index < -0.39 is 17.7 Å². The fourth-order valence-electron chi connectivity index (χ4n) is 2.41. The molecule has 1 fully saturated rings. The number of nitriles is 1. The van der Waals surface area contributed by atoms with Gasteiger partial charge < -0.3 is 4.90 Å². The van der Waals surface area contributed by atoms with E-state index in [1.807, 2.05) is 4.90 Å². The highest BCUT2D eigenvalue weighted by molar-refractivity contribution is 5.26. The zero-order valence-electron chi connectivity index (χ0n) is 10.9. The largest absolute Gasteiger partial charge is 0.301 e. The smallest absolute Gasteiger partial charge is 0.131 e. The van der Waals surface area contributed by atoms with Crippen molar-refractivity contribution in [2.24, 2.45) is 0 Å². The Morgan fingerprint density at radius 2 is 1.95 bits per heavy atom. The van der Waals surface area contributed by atoms with Crippen LogP contribution in [-0.2, 0) is 0 Å². The van der Waals surface area contributed by atoms with Crippen LogP contribution in [0.1, 0.15) is 18.5 Å².